The summed E-state index contributed by atoms with van der Waals surface area (Å²) in [6.45, 7) is 1.24. The maximum absolute atomic E-state index is 13.1. The minimum atomic E-state index is -4.78. The zero-order valence-corrected chi connectivity index (χ0v) is 11.7. The molecule has 0 bridgehead atoms. The molecule has 0 fully saturated rings. The van der Waals surface area contributed by atoms with E-state index in [0.717, 1.165) is 6.07 Å². The number of methoxy groups -OCH3 is 1. The van der Waals surface area contributed by atoms with E-state index in [1.54, 1.807) is 24.3 Å². The van der Waals surface area contributed by atoms with Crippen LogP contribution in [-0.2, 0) is 6.18 Å². The summed E-state index contributed by atoms with van der Waals surface area (Å²) in [6.07, 6.45) is -4.78. The van der Waals surface area contributed by atoms with Crippen LogP contribution in [0.2, 0.25) is 0 Å². The predicted molar refractivity (Wildman–Crippen MR) is 72.9 cm³/mol. The molecule has 4 nitrogen and oxygen atoms in total. The molecule has 0 radical (unpaired) electrons. The maximum Gasteiger partial charge on any atom is 0.417 e. The van der Waals surface area contributed by atoms with Crippen molar-refractivity contribution < 1.29 is 27.8 Å². The number of ether oxygens (including phenoxy) is 1. The van der Waals surface area contributed by atoms with Gasteiger partial charge >= 0.3 is 12.1 Å². The first-order valence-electron chi connectivity index (χ1n) is 6.20. The van der Waals surface area contributed by atoms with Crippen molar-refractivity contribution in [3.8, 4) is 17.0 Å². The number of carboxylic acids is 1. The Kier molecular flexibility index (Phi) is 4.07. The lowest BCUT2D eigenvalue weighted by molar-refractivity contribution is -0.138. The van der Waals surface area contributed by atoms with Gasteiger partial charge in [-0.3, -0.25) is 4.98 Å². The van der Waals surface area contributed by atoms with E-state index in [1.165, 1.54) is 14.0 Å². The summed E-state index contributed by atoms with van der Waals surface area (Å²) >= 11 is 0. The molecule has 0 amide bonds. The molecule has 1 aromatic carbocycles. The fourth-order valence-electron chi connectivity index (χ4n) is 2.08. The van der Waals surface area contributed by atoms with Crippen molar-refractivity contribution in [2.45, 2.75) is 13.1 Å². The number of rotatable bonds is 3. The van der Waals surface area contributed by atoms with Crippen molar-refractivity contribution in [1.82, 2.24) is 4.98 Å². The standard InChI is InChI=1S/C15H12F3NO3/c1-8-13(14(20)21)11(15(16,17)18)7-12(19-8)9-3-5-10(22-2)6-4-9/h3-7H,1-2H3,(H,20,21). The highest BCUT2D eigenvalue weighted by atomic mass is 19.4. The second-order valence-corrected chi connectivity index (χ2v) is 4.55. The van der Waals surface area contributed by atoms with Crippen molar-refractivity contribution in [2.24, 2.45) is 0 Å². The molecule has 116 valence electrons. The summed E-state index contributed by atoms with van der Waals surface area (Å²) in [7, 11) is 1.47. The molecule has 0 aliphatic carbocycles. The van der Waals surface area contributed by atoms with Crippen LogP contribution in [0, 0.1) is 6.92 Å². The van der Waals surface area contributed by atoms with Crippen LogP contribution in [-0.4, -0.2) is 23.2 Å². The lowest BCUT2D eigenvalue weighted by Gasteiger charge is -2.14. The molecular weight excluding hydrogens is 299 g/mol. The normalized spacial score (nSPS) is 11.3. The number of pyridine rings is 1. The van der Waals surface area contributed by atoms with Gasteiger partial charge < -0.3 is 9.84 Å². The molecule has 0 saturated heterocycles. The van der Waals surface area contributed by atoms with E-state index in [1.807, 2.05) is 0 Å². The first kappa shape index (κ1) is 15.8. The quantitative estimate of drug-likeness (QED) is 0.937. The molecule has 0 unspecified atom stereocenters. The Morgan fingerprint density at radius 2 is 1.82 bits per heavy atom. The van der Waals surface area contributed by atoms with Crippen molar-refractivity contribution in [1.29, 1.82) is 0 Å². The summed E-state index contributed by atoms with van der Waals surface area (Å²) in [4.78, 5) is 15.0. The van der Waals surface area contributed by atoms with Gasteiger partial charge in [0.05, 0.1) is 29.6 Å². The Bertz CT molecular complexity index is 709. The number of carboxylic acid groups (broad SMARTS) is 1. The van der Waals surface area contributed by atoms with E-state index in [0.29, 0.717) is 11.3 Å². The summed E-state index contributed by atoms with van der Waals surface area (Å²) in [5, 5.41) is 8.98. The van der Waals surface area contributed by atoms with Gasteiger partial charge in [0, 0.05) is 5.56 Å². The summed E-state index contributed by atoms with van der Waals surface area (Å²) in [5.41, 5.74) is -1.74. The van der Waals surface area contributed by atoms with Crippen LogP contribution in [0.4, 0.5) is 13.2 Å². The van der Waals surface area contributed by atoms with Gasteiger partial charge in [0.15, 0.2) is 0 Å². The van der Waals surface area contributed by atoms with Gasteiger partial charge in [0.25, 0.3) is 0 Å². The molecule has 1 N–H and O–H groups in total. The Morgan fingerprint density at radius 3 is 2.27 bits per heavy atom. The zero-order valence-electron chi connectivity index (χ0n) is 11.7. The van der Waals surface area contributed by atoms with Crippen molar-refractivity contribution in [3.63, 3.8) is 0 Å². The smallest absolute Gasteiger partial charge is 0.417 e. The van der Waals surface area contributed by atoms with Crippen molar-refractivity contribution in [2.75, 3.05) is 7.11 Å². The molecule has 1 heterocycles. The minimum Gasteiger partial charge on any atom is -0.497 e. The van der Waals surface area contributed by atoms with E-state index in [9.17, 15) is 18.0 Å². The third kappa shape index (κ3) is 3.03. The van der Waals surface area contributed by atoms with Crippen LogP contribution in [0.25, 0.3) is 11.3 Å². The molecule has 0 atom stereocenters. The summed E-state index contributed by atoms with van der Waals surface area (Å²) in [5.74, 6) is -1.10. The first-order chi connectivity index (χ1) is 10.2. The largest absolute Gasteiger partial charge is 0.497 e. The average molecular weight is 311 g/mol. The second kappa shape index (κ2) is 5.67. The fourth-order valence-corrected chi connectivity index (χ4v) is 2.08. The lowest BCUT2D eigenvalue weighted by Crippen LogP contribution is -2.16. The topological polar surface area (TPSA) is 59.4 Å². The van der Waals surface area contributed by atoms with Crippen LogP contribution in [0.3, 0.4) is 0 Å². The Morgan fingerprint density at radius 1 is 1.23 bits per heavy atom. The molecule has 0 spiro atoms. The number of hydrogen-bond acceptors (Lipinski definition) is 3. The highest BCUT2D eigenvalue weighted by molar-refractivity contribution is 5.91. The number of carbonyl (C=O) groups is 1. The molecule has 1 aromatic heterocycles. The minimum absolute atomic E-state index is 0.0532. The molecule has 7 heteroatoms. The van der Waals surface area contributed by atoms with E-state index in [4.69, 9.17) is 9.84 Å². The van der Waals surface area contributed by atoms with Crippen LogP contribution >= 0.6 is 0 Å². The highest BCUT2D eigenvalue weighted by Crippen LogP contribution is 2.35. The van der Waals surface area contributed by atoms with Crippen LogP contribution < -0.4 is 4.74 Å². The third-order valence-electron chi connectivity index (χ3n) is 3.11. The summed E-state index contributed by atoms with van der Waals surface area (Å²) < 4.78 is 44.3. The van der Waals surface area contributed by atoms with E-state index < -0.39 is 23.3 Å². The van der Waals surface area contributed by atoms with Gasteiger partial charge in [-0.2, -0.15) is 13.2 Å². The highest BCUT2D eigenvalue weighted by Gasteiger charge is 2.37. The molecule has 0 saturated carbocycles. The monoisotopic (exact) mass is 311 g/mol. The number of hydrogen-bond donors (Lipinski definition) is 1. The van der Waals surface area contributed by atoms with Crippen LogP contribution in [0.1, 0.15) is 21.6 Å². The predicted octanol–water partition coefficient (Wildman–Crippen LogP) is 3.78. The number of halogens is 3. The van der Waals surface area contributed by atoms with Crippen molar-refractivity contribution >= 4 is 5.97 Å². The molecular formula is C15H12F3NO3. The number of nitrogens with zero attached hydrogens (tertiary/aromatic N) is 1. The summed E-state index contributed by atoms with van der Waals surface area (Å²) in [6, 6.07) is 7.04. The Hall–Kier alpha value is -2.57. The van der Waals surface area contributed by atoms with Crippen molar-refractivity contribution in [3.05, 3.63) is 47.2 Å². The van der Waals surface area contributed by atoms with Gasteiger partial charge in [0.2, 0.25) is 0 Å². The average Bonchev–Trinajstić information content (AvgIpc) is 2.45. The van der Waals surface area contributed by atoms with E-state index in [-0.39, 0.29) is 11.4 Å². The molecule has 22 heavy (non-hydrogen) atoms. The first-order valence-corrected chi connectivity index (χ1v) is 6.20. The van der Waals surface area contributed by atoms with E-state index >= 15 is 0 Å². The zero-order chi connectivity index (χ0) is 16.5. The van der Waals surface area contributed by atoms with Gasteiger partial charge in [-0.25, -0.2) is 4.79 Å². The molecule has 2 aromatic rings. The third-order valence-corrected chi connectivity index (χ3v) is 3.11. The van der Waals surface area contributed by atoms with Crippen LogP contribution in [0.5, 0.6) is 5.75 Å². The number of benzene rings is 1. The number of alkyl halides is 3. The molecule has 2 rings (SSSR count). The maximum atomic E-state index is 13.1. The SMILES string of the molecule is COc1ccc(-c2cc(C(F)(F)F)c(C(=O)O)c(C)n2)cc1. The van der Waals surface area contributed by atoms with Gasteiger partial charge in [0.1, 0.15) is 5.75 Å². The van der Waals surface area contributed by atoms with Gasteiger partial charge in [-0.05, 0) is 37.3 Å². The molecule has 0 aliphatic heterocycles. The Balaban J connectivity index is 2.63. The van der Waals surface area contributed by atoms with Gasteiger partial charge in [-0.1, -0.05) is 0 Å². The molecule has 0 aliphatic rings. The van der Waals surface area contributed by atoms with Crippen LogP contribution in [0.15, 0.2) is 30.3 Å². The number of aryl methyl sites for hydroxylation is 1. The number of aromatic nitrogens is 1. The second-order valence-electron chi connectivity index (χ2n) is 4.55. The van der Waals surface area contributed by atoms with E-state index in [2.05, 4.69) is 4.98 Å². The lowest BCUT2D eigenvalue weighted by atomic mass is 10.0. The van der Waals surface area contributed by atoms with Gasteiger partial charge in [-0.15, -0.1) is 0 Å². The fraction of sp³-hybridized carbons (Fsp3) is 0.200. The number of aromatic carboxylic acids is 1. The Labute approximate surface area is 124 Å².